The van der Waals surface area contributed by atoms with Gasteiger partial charge in [0.2, 0.25) is 0 Å². The predicted molar refractivity (Wildman–Crippen MR) is 121 cm³/mol. The average molecular weight is 353 g/mol. The highest BCUT2D eigenvalue weighted by atomic mass is 14.4. The summed E-state index contributed by atoms with van der Waals surface area (Å²) in [5, 5.41) is 0. The van der Waals surface area contributed by atoms with Crippen LogP contribution in [0.15, 0.2) is 86.1 Å². The van der Waals surface area contributed by atoms with E-state index in [2.05, 4.69) is 58.9 Å². The van der Waals surface area contributed by atoms with E-state index in [0.29, 0.717) is 0 Å². The predicted octanol–water partition coefficient (Wildman–Crippen LogP) is 8.68. The number of rotatable bonds is 16. The Morgan fingerprint density at radius 1 is 0.846 bits per heavy atom. The van der Waals surface area contributed by atoms with Gasteiger partial charge in [-0.1, -0.05) is 68.7 Å². The highest BCUT2D eigenvalue weighted by Crippen LogP contribution is 2.46. The summed E-state index contributed by atoms with van der Waals surface area (Å²) in [6, 6.07) is 0. The molecule has 0 spiro atoms. The van der Waals surface area contributed by atoms with E-state index in [-0.39, 0.29) is 5.41 Å². The molecule has 0 bridgehead atoms. The van der Waals surface area contributed by atoms with Gasteiger partial charge in [-0.25, -0.2) is 0 Å². The van der Waals surface area contributed by atoms with Crippen LogP contribution in [0, 0.1) is 5.41 Å². The highest BCUT2D eigenvalue weighted by molar-refractivity contribution is 5.45. The molecule has 0 radical (unpaired) electrons. The molecule has 0 aliphatic heterocycles. The van der Waals surface area contributed by atoms with Crippen LogP contribution in [-0.4, -0.2) is 0 Å². The molecule has 0 fully saturated rings. The van der Waals surface area contributed by atoms with Gasteiger partial charge in [-0.05, 0) is 56.1 Å². The fraction of sp³-hybridized carbons (Fsp3) is 0.462. The van der Waals surface area contributed by atoms with Crippen molar-refractivity contribution in [3.05, 3.63) is 86.1 Å². The lowest BCUT2D eigenvalue weighted by atomic mass is 9.67. The lowest BCUT2D eigenvalue weighted by molar-refractivity contribution is 0.418. The van der Waals surface area contributed by atoms with E-state index >= 15 is 0 Å². The van der Waals surface area contributed by atoms with Crippen molar-refractivity contribution in [3.63, 3.8) is 0 Å². The minimum Gasteiger partial charge on any atom is -0.103 e. The largest absolute Gasteiger partial charge is 0.103 e. The first-order chi connectivity index (χ1) is 12.6. The summed E-state index contributed by atoms with van der Waals surface area (Å²) in [6.45, 7) is 24.7. The summed E-state index contributed by atoms with van der Waals surface area (Å²) in [5.41, 5.74) is 4.24. The number of allylic oxidation sites excluding steroid dienone is 9. The number of unbranched alkanes of at least 4 members (excludes halogenated alkanes) is 1. The van der Waals surface area contributed by atoms with Crippen LogP contribution < -0.4 is 0 Å². The Labute approximate surface area is 163 Å². The Morgan fingerprint density at radius 3 is 1.92 bits per heavy atom. The SMILES string of the molecule is C=CC/C=C(\CCCC)C(=C(CC=C)CC=C)C(C=C)(CC=C)CCC. The van der Waals surface area contributed by atoms with Crippen LogP contribution in [-0.2, 0) is 0 Å². The molecular formula is C26H40. The van der Waals surface area contributed by atoms with E-state index in [4.69, 9.17) is 0 Å². The van der Waals surface area contributed by atoms with E-state index in [9.17, 15) is 0 Å². The van der Waals surface area contributed by atoms with Crippen LogP contribution in [0.5, 0.6) is 0 Å². The van der Waals surface area contributed by atoms with Crippen molar-refractivity contribution in [3.8, 4) is 0 Å². The molecule has 0 nitrogen and oxygen atoms in total. The first kappa shape index (κ1) is 24.2. The monoisotopic (exact) mass is 352 g/mol. The zero-order chi connectivity index (χ0) is 19.8. The third kappa shape index (κ3) is 7.20. The van der Waals surface area contributed by atoms with Gasteiger partial charge < -0.3 is 0 Å². The van der Waals surface area contributed by atoms with Gasteiger partial charge in [-0.2, -0.15) is 0 Å². The standard InChI is InChI=1S/C26H40/c1-8-15-19-24(20-16-9-2)25(23(17-10-3)18-11-4)26(14-7,21-12-5)22-13-6/h8,10-12,14,19H,1,3-5,7,9,13,15-18,20-22H2,2,6H3/b24-19+. The van der Waals surface area contributed by atoms with Gasteiger partial charge in [-0.15, -0.1) is 32.9 Å². The van der Waals surface area contributed by atoms with E-state index in [0.717, 1.165) is 44.9 Å². The van der Waals surface area contributed by atoms with Crippen LogP contribution in [0.3, 0.4) is 0 Å². The molecule has 1 unspecified atom stereocenters. The van der Waals surface area contributed by atoms with Crippen LogP contribution in [0.4, 0.5) is 0 Å². The minimum atomic E-state index is -0.0708. The Morgan fingerprint density at radius 2 is 1.50 bits per heavy atom. The molecule has 0 aromatic rings. The smallest absolute Gasteiger partial charge is 0.0166 e. The van der Waals surface area contributed by atoms with Gasteiger partial charge in [0.25, 0.3) is 0 Å². The molecule has 0 heteroatoms. The lowest BCUT2D eigenvalue weighted by Gasteiger charge is -2.36. The van der Waals surface area contributed by atoms with Gasteiger partial charge >= 0.3 is 0 Å². The van der Waals surface area contributed by atoms with Gasteiger partial charge in [0.15, 0.2) is 0 Å². The van der Waals surface area contributed by atoms with Crippen LogP contribution in [0.2, 0.25) is 0 Å². The highest BCUT2D eigenvalue weighted by Gasteiger charge is 2.32. The Bertz CT molecular complexity index is 514. The van der Waals surface area contributed by atoms with Gasteiger partial charge in [0.05, 0.1) is 0 Å². The number of hydrogen-bond donors (Lipinski definition) is 0. The van der Waals surface area contributed by atoms with Crippen molar-refractivity contribution in [2.45, 2.75) is 71.6 Å². The molecular weight excluding hydrogens is 312 g/mol. The quantitative estimate of drug-likeness (QED) is 0.192. The minimum absolute atomic E-state index is 0.0708. The molecule has 0 saturated heterocycles. The van der Waals surface area contributed by atoms with Gasteiger partial charge in [0.1, 0.15) is 0 Å². The fourth-order valence-electron chi connectivity index (χ4n) is 3.78. The Hall–Kier alpha value is -1.82. The van der Waals surface area contributed by atoms with E-state index in [1.54, 1.807) is 0 Å². The zero-order valence-electron chi connectivity index (χ0n) is 17.4. The van der Waals surface area contributed by atoms with E-state index in [1.807, 2.05) is 24.3 Å². The van der Waals surface area contributed by atoms with Crippen molar-refractivity contribution < 1.29 is 0 Å². The summed E-state index contributed by atoms with van der Waals surface area (Å²) in [7, 11) is 0. The lowest BCUT2D eigenvalue weighted by Crippen LogP contribution is -2.23. The summed E-state index contributed by atoms with van der Waals surface area (Å²) in [6.07, 6.45) is 21.8. The second-order valence-corrected chi connectivity index (χ2v) is 6.92. The fourth-order valence-corrected chi connectivity index (χ4v) is 3.78. The second-order valence-electron chi connectivity index (χ2n) is 6.92. The third-order valence-corrected chi connectivity index (χ3v) is 4.88. The molecule has 144 valence electrons. The van der Waals surface area contributed by atoms with Crippen molar-refractivity contribution in [2.24, 2.45) is 5.41 Å². The Kier molecular flexibility index (Phi) is 13.4. The zero-order valence-corrected chi connectivity index (χ0v) is 17.4. The summed E-state index contributed by atoms with van der Waals surface area (Å²) in [5.74, 6) is 0. The van der Waals surface area contributed by atoms with Crippen molar-refractivity contribution >= 4 is 0 Å². The maximum atomic E-state index is 4.26. The molecule has 0 aliphatic carbocycles. The van der Waals surface area contributed by atoms with Crippen molar-refractivity contribution in [2.75, 3.05) is 0 Å². The molecule has 0 N–H and O–H groups in total. The van der Waals surface area contributed by atoms with Gasteiger partial charge in [-0.3, -0.25) is 0 Å². The van der Waals surface area contributed by atoms with Crippen LogP contribution in [0.25, 0.3) is 0 Å². The second kappa shape index (κ2) is 14.4. The van der Waals surface area contributed by atoms with Gasteiger partial charge in [0, 0.05) is 5.41 Å². The molecule has 0 aliphatic rings. The molecule has 0 heterocycles. The van der Waals surface area contributed by atoms with Crippen LogP contribution in [0.1, 0.15) is 71.6 Å². The first-order valence-corrected chi connectivity index (χ1v) is 10.1. The molecule has 0 saturated carbocycles. The number of hydrogen-bond acceptors (Lipinski definition) is 0. The topological polar surface area (TPSA) is 0 Å². The molecule has 0 aromatic heterocycles. The molecule has 0 rings (SSSR count). The van der Waals surface area contributed by atoms with Crippen molar-refractivity contribution in [1.82, 2.24) is 0 Å². The normalized spacial score (nSPS) is 13.4. The van der Waals surface area contributed by atoms with Crippen molar-refractivity contribution in [1.29, 1.82) is 0 Å². The summed E-state index contributed by atoms with van der Waals surface area (Å²) in [4.78, 5) is 0. The Balaban J connectivity index is 6.69. The molecule has 0 aromatic carbocycles. The maximum Gasteiger partial charge on any atom is 0.0166 e. The summed E-state index contributed by atoms with van der Waals surface area (Å²) < 4.78 is 0. The van der Waals surface area contributed by atoms with E-state index in [1.165, 1.54) is 29.6 Å². The molecule has 1 atom stereocenters. The maximum absolute atomic E-state index is 4.26. The molecule has 26 heavy (non-hydrogen) atoms. The molecule has 0 amide bonds. The first-order valence-electron chi connectivity index (χ1n) is 10.1. The third-order valence-electron chi connectivity index (χ3n) is 4.88. The summed E-state index contributed by atoms with van der Waals surface area (Å²) >= 11 is 0. The van der Waals surface area contributed by atoms with E-state index < -0.39 is 0 Å². The average Bonchev–Trinajstić information content (AvgIpc) is 2.64. The van der Waals surface area contributed by atoms with Crippen LogP contribution >= 0.6 is 0 Å².